The molecule has 1 atom stereocenters. The van der Waals surface area contributed by atoms with E-state index in [1.54, 1.807) is 28.9 Å². The second kappa shape index (κ2) is 6.11. The zero-order chi connectivity index (χ0) is 18.3. The molecule has 0 fully saturated rings. The molecule has 3 aromatic rings. The molecule has 2 heterocycles. The summed E-state index contributed by atoms with van der Waals surface area (Å²) < 4.78 is 1.71. The Balaban J connectivity index is 1.58. The number of nitrogens with zero attached hydrogens (tertiary/aromatic N) is 5. The first-order chi connectivity index (χ1) is 12.5. The zero-order valence-corrected chi connectivity index (χ0v) is 13.8. The molecule has 11 heteroatoms. The Labute approximate surface area is 150 Å². The van der Waals surface area contributed by atoms with Crippen molar-refractivity contribution in [3.8, 4) is 11.4 Å². The summed E-state index contributed by atoms with van der Waals surface area (Å²) in [7, 11) is 0. The van der Waals surface area contributed by atoms with E-state index in [9.17, 15) is 20.2 Å². The van der Waals surface area contributed by atoms with Crippen LogP contribution in [0, 0.1) is 20.2 Å². The van der Waals surface area contributed by atoms with Crippen molar-refractivity contribution in [2.24, 2.45) is 0 Å². The van der Waals surface area contributed by atoms with Crippen molar-refractivity contribution in [3.05, 3.63) is 74.3 Å². The molecule has 0 radical (unpaired) electrons. The van der Waals surface area contributed by atoms with Crippen LogP contribution in [0.5, 0.6) is 0 Å². The Morgan fingerprint density at radius 1 is 0.923 bits per heavy atom. The summed E-state index contributed by atoms with van der Waals surface area (Å²) >= 11 is 1.43. The number of hydrogen-bond acceptors (Lipinski definition) is 8. The van der Waals surface area contributed by atoms with Gasteiger partial charge in [-0.05, 0) is 29.8 Å². The lowest BCUT2D eigenvalue weighted by Crippen LogP contribution is -2.13. The van der Waals surface area contributed by atoms with Gasteiger partial charge in [0.25, 0.3) is 11.4 Å². The Hall–Kier alpha value is -3.47. The van der Waals surface area contributed by atoms with E-state index in [2.05, 4.69) is 15.6 Å². The van der Waals surface area contributed by atoms with E-state index in [1.165, 1.54) is 36.0 Å². The number of fused-ring (bicyclic) bond motifs is 1. The van der Waals surface area contributed by atoms with Crippen LogP contribution in [0.25, 0.3) is 11.4 Å². The Kier molecular flexibility index (Phi) is 3.77. The molecule has 0 spiro atoms. The topological polar surface area (TPSA) is 129 Å². The molecule has 1 aromatic heterocycles. The monoisotopic (exact) mass is 370 g/mol. The van der Waals surface area contributed by atoms with Gasteiger partial charge in [0.05, 0.1) is 9.85 Å². The van der Waals surface area contributed by atoms with E-state index in [0.717, 1.165) is 5.56 Å². The van der Waals surface area contributed by atoms with Gasteiger partial charge in [-0.1, -0.05) is 11.8 Å². The molecule has 1 aliphatic heterocycles. The Morgan fingerprint density at radius 3 is 2.08 bits per heavy atom. The third-order valence-electron chi connectivity index (χ3n) is 3.85. The molecule has 10 nitrogen and oxygen atoms in total. The first-order valence-corrected chi connectivity index (χ1v) is 8.29. The number of thioether (sulfide) groups is 1. The third-order valence-corrected chi connectivity index (χ3v) is 4.93. The fourth-order valence-electron chi connectivity index (χ4n) is 2.54. The predicted octanol–water partition coefficient (Wildman–Crippen LogP) is 3.11. The molecule has 0 bridgehead atoms. The number of nitro groups is 2. The van der Waals surface area contributed by atoms with Crippen molar-refractivity contribution in [2.45, 2.75) is 10.5 Å². The van der Waals surface area contributed by atoms with Crippen molar-refractivity contribution in [1.29, 1.82) is 0 Å². The van der Waals surface area contributed by atoms with Crippen LogP contribution in [-0.4, -0.2) is 24.7 Å². The maximum Gasteiger partial charge on any atom is 0.269 e. The van der Waals surface area contributed by atoms with Crippen molar-refractivity contribution in [1.82, 2.24) is 14.9 Å². The van der Waals surface area contributed by atoms with Gasteiger partial charge in [0, 0.05) is 29.8 Å². The molecule has 0 aliphatic carbocycles. The number of non-ortho nitro benzene ring substituents is 2. The van der Waals surface area contributed by atoms with Gasteiger partial charge in [0.2, 0.25) is 5.16 Å². The molecule has 4 rings (SSSR count). The van der Waals surface area contributed by atoms with E-state index >= 15 is 0 Å². The normalized spacial score (nSPS) is 15.3. The summed E-state index contributed by atoms with van der Waals surface area (Å²) in [4.78, 5) is 20.6. The van der Waals surface area contributed by atoms with Crippen LogP contribution in [0.3, 0.4) is 0 Å². The van der Waals surface area contributed by atoms with Crippen LogP contribution in [0.4, 0.5) is 11.4 Å². The lowest BCUT2D eigenvalue weighted by molar-refractivity contribution is -0.385. The van der Waals surface area contributed by atoms with Gasteiger partial charge in [-0.2, -0.15) is 0 Å². The highest BCUT2D eigenvalue weighted by Crippen LogP contribution is 2.40. The van der Waals surface area contributed by atoms with Crippen LogP contribution in [-0.2, 0) is 0 Å². The van der Waals surface area contributed by atoms with E-state index in [0.29, 0.717) is 16.5 Å². The zero-order valence-electron chi connectivity index (χ0n) is 13.0. The third kappa shape index (κ3) is 2.73. The predicted molar refractivity (Wildman–Crippen MR) is 93.2 cm³/mol. The number of benzene rings is 2. The van der Waals surface area contributed by atoms with E-state index in [4.69, 9.17) is 0 Å². The van der Waals surface area contributed by atoms with Gasteiger partial charge in [0.15, 0.2) is 5.82 Å². The van der Waals surface area contributed by atoms with Gasteiger partial charge in [-0.3, -0.25) is 20.2 Å². The van der Waals surface area contributed by atoms with Gasteiger partial charge in [-0.15, -0.1) is 10.2 Å². The maximum absolute atomic E-state index is 10.8. The lowest BCUT2D eigenvalue weighted by atomic mass is 10.2. The van der Waals surface area contributed by atoms with Crippen molar-refractivity contribution in [2.75, 3.05) is 5.43 Å². The van der Waals surface area contributed by atoms with Gasteiger partial charge in [0.1, 0.15) is 5.37 Å². The van der Waals surface area contributed by atoms with Crippen molar-refractivity contribution < 1.29 is 9.85 Å². The minimum Gasteiger partial charge on any atom is -0.304 e. The molecule has 1 aliphatic rings. The maximum atomic E-state index is 10.8. The quantitative estimate of drug-likeness (QED) is 0.548. The summed E-state index contributed by atoms with van der Waals surface area (Å²) in [6.07, 6.45) is 0. The molecule has 0 saturated carbocycles. The first kappa shape index (κ1) is 16.0. The van der Waals surface area contributed by atoms with E-state index in [1.807, 2.05) is 0 Å². The Morgan fingerprint density at radius 2 is 1.50 bits per heavy atom. The van der Waals surface area contributed by atoms with Gasteiger partial charge < -0.3 is 5.43 Å². The van der Waals surface area contributed by atoms with Crippen molar-refractivity contribution in [3.63, 3.8) is 0 Å². The molecule has 0 unspecified atom stereocenters. The highest BCUT2D eigenvalue weighted by molar-refractivity contribution is 7.99. The molecule has 2 aromatic carbocycles. The fourth-order valence-corrected chi connectivity index (χ4v) is 3.54. The number of nitrogens with one attached hydrogen (secondary N) is 1. The summed E-state index contributed by atoms with van der Waals surface area (Å²) in [5, 5.41) is 30.2. The lowest BCUT2D eigenvalue weighted by Gasteiger charge is -2.12. The minimum atomic E-state index is -0.462. The Bertz CT molecular complexity index is 1000. The summed E-state index contributed by atoms with van der Waals surface area (Å²) in [6.45, 7) is 0. The SMILES string of the molecule is O=[N+]([O-])c1ccc(-c2nnc3n2N[C@H](c2ccc([N+](=O)[O-])cc2)S3)cc1. The van der Waals surface area contributed by atoms with E-state index < -0.39 is 9.85 Å². The number of nitro benzene ring substituents is 2. The number of hydrogen-bond donors (Lipinski definition) is 1. The van der Waals surface area contributed by atoms with E-state index in [-0.39, 0.29) is 16.7 Å². The average molecular weight is 370 g/mol. The van der Waals surface area contributed by atoms with Crippen LogP contribution in [0.2, 0.25) is 0 Å². The highest BCUT2D eigenvalue weighted by Gasteiger charge is 2.28. The van der Waals surface area contributed by atoms with Crippen LogP contribution in [0.15, 0.2) is 53.7 Å². The van der Waals surface area contributed by atoms with Gasteiger partial charge >= 0.3 is 0 Å². The van der Waals surface area contributed by atoms with Gasteiger partial charge in [-0.25, -0.2) is 4.68 Å². The molecule has 1 N–H and O–H groups in total. The molecule has 0 amide bonds. The second-order valence-corrected chi connectivity index (χ2v) is 6.49. The number of aromatic nitrogens is 3. The minimum absolute atomic E-state index is 0.000927. The molecular weight excluding hydrogens is 360 g/mol. The largest absolute Gasteiger partial charge is 0.304 e. The highest BCUT2D eigenvalue weighted by atomic mass is 32.2. The number of rotatable bonds is 4. The summed E-state index contributed by atoms with van der Waals surface area (Å²) in [5.41, 5.74) is 4.81. The fraction of sp³-hybridized carbons (Fsp3) is 0.0667. The van der Waals surface area contributed by atoms with Crippen LogP contribution >= 0.6 is 11.8 Å². The summed E-state index contributed by atoms with van der Waals surface area (Å²) in [5.74, 6) is 0.534. The smallest absolute Gasteiger partial charge is 0.269 e. The average Bonchev–Trinajstić information content (AvgIpc) is 3.22. The van der Waals surface area contributed by atoms with Crippen LogP contribution < -0.4 is 5.43 Å². The molecule has 130 valence electrons. The first-order valence-electron chi connectivity index (χ1n) is 7.41. The standard InChI is InChI=1S/C15H10N6O4S/c22-20(23)11-5-1-9(2-6-11)13-16-17-15-19(13)18-14(26-15)10-3-7-12(8-4-10)21(24)25/h1-8,14,18H/t14-/m0/s1. The van der Waals surface area contributed by atoms with Crippen LogP contribution in [0.1, 0.15) is 10.9 Å². The second-order valence-electron chi connectivity index (χ2n) is 5.42. The molecular formula is C15H10N6O4S. The summed E-state index contributed by atoms with van der Waals surface area (Å²) in [6, 6.07) is 12.3. The molecule has 0 saturated heterocycles. The van der Waals surface area contributed by atoms with Crippen molar-refractivity contribution >= 4 is 23.1 Å². The molecule has 26 heavy (non-hydrogen) atoms.